The van der Waals surface area contributed by atoms with E-state index in [0.29, 0.717) is 6.73 Å². The summed E-state index contributed by atoms with van der Waals surface area (Å²) in [4.78, 5) is 10.1. The highest BCUT2D eigenvalue weighted by atomic mass is 35.5. The van der Waals surface area contributed by atoms with Crippen LogP contribution >= 0.6 is 21.6 Å². The molecule has 0 N–H and O–H groups in total. The highest BCUT2D eigenvalue weighted by molar-refractivity contribution is 8.32. The van der Waals surface area contributed by atoms with Crippen LogP contribution in [-0.4, -0.2) is 54.4 Å². The van der Waals surface area contributed by atoms with Crippen LogP contribution < -0.4 is 4.90 Å². The Hall–Kier alpha value is -0.520. The first-order valence-corrected chi connectivity index (χ1v) is 9.30. The molecule has 0 saturated carbocycles. The van der Waals surface area contributed by atoms with E-state index in [0.717, 1.165) is 24.7 Å². The second-order valence-electron chi connectivity index (χ2n) is 4.87. The summed E-state index contributed by atoms with van der Waals surface area (Å²) >= 11 is 5.78. The molecule has 0 fully saturated rings. The minimum absolute atomic E-state index is 0.269. The Morgan fingerprint density at radius 3 is 2.67 bits per heavy atom. The van der Waals surface area contributed by atoms with Gasteiger partial charge in [0.2, 0.25) is 5.28 Å². The summed E-state index contributed by atoms with van der Waals surface area (Å²) in [6, 6.07) is 1.84. The Bertz CT molecular complexity index is 371. The molecule has 0 spiro atoms. The Balaban J connectivity index is 2.43. The summed E-state index contributed by atoms with van der Waals surface area (Å²) in [7, 11) is -0.490. The molecule has 0 atom stereocenters. The van der Waals surface area contributed by atoms with Gasteiger partial charge < -0.3 is 9.64 Å². The van der Waals surface area contributed by atoms with Crippen LogP contribution in [0.3, 0.4) is 0 Å². The number of nitrogens with zero attached hydrogens (tertiary/aromatic N) is 3. The molecule has 0 radical (unpaired) electrons. The third-order valence-corrected chi connectivity index (χ3v) is 3.98. The summed E-state index contributed by atoms with van der Waals surface area (Å²) < 4.78 is 5.70. The lowest BCUT2D eigenvalue weighted by molar-refractivity contribution is 0.149. The van der Waals surface area contributed by atoms with Gasteiger partial charge in [0.05, 0.1) is 6.61 Å². The second-order valence-corrected chi connectivity index (χ2v) is 9.80. The van der Waals surface area contributed by atoms with Crippen molar-refractivity contribution in [2.75, 3.05) is 49.3 Å². The maximum absolute atomic E-state index is 5.78. The summed E-state index contributed by atoms with van der Waals surface area (Å²) in [5, 5.41) is 0.269. The molecule has 4 nitrogen and oxygen atoms in total. The highest BCUT2D eigenvalue weighted by Gasteiger charge is 2.08. The quantitative estimate of drug-likeness (QED) is 0.440. The Labute approximate surface area is 116 Å². The number of ether oxygens (including phenoxy) is 1. The van der Waals surface area contributed by atoms with Crippen molar-refractivity contribution in [3.05, 3.63) is 17.5 Å². The highest BCUT2D eigenvalue weighted by Crippen LogP contribution is 2.33. The topological polar surface area (TPSA) is 38.2 Å². The lowest BCUT2D eigenvalue weighted by atomic mass is 10.5. The van der Waals surface area contributed by atoms with Gasteiger partial charge >= 0.3 is 0 Å². The SMILES string of the molecule is CCN(COCCS(C)(C)C)c1ccnc(Cl)n1. The van der Waals surface area contributed by atoms with E-state index >= 15 is 0 Å². The molecule has 1 rings (SSSR count). The molecule has 18 heavy (non-hydrogen) atoms. The Morgan fingerprint density at radius 2 is 2.11 bits per heavy atom. The molecule has 0 amide bonds. The second kappa shape index (κ2) is 7.16. The maximum Gasteiger partial charge on any atom is 0.224 e. The fourth-order valence-corrected chi connectivity index (χ4v) is 2.07. The number of anilines is 1. The number of halogens is 1. The lowest BCUT2D eigenvalue weighted by Gasteiger charge is -2.26. The van der Waals surface area contributed by atoms with Gasteiger partial charge in [-0.3, -0.25) is 0 Å². The van der Waals surface area contributed by atoms with Gasteiger partial charge in [0.1, 0.15) is 12.5 Å². The van der Waals surface area contributed by atoms with Crippen molar-refractivity contribution in [2.45, 2.75) is 6.92 Å². The summed E-state index contributed by atoms with van der Waals surface area (Å²) in [6.07, 6.45) is 8.53. The molecule has 0 unspecified atom stereocenters. The van der Waals surface area contributed by atoms with Crippen molar-refractivity contribution in [1.29, 1.82) is 0 Å². The van der Waals surface area contributed by atoms with Gasteiger partial charge in [-0.25, -0.2) is 20.0 Å². The number of hydrogen-bond acceptors (Lipinski definition) is 4. The normalized spacial score (nSPS) is 12.5. The average molecular weight is 292 g/mol. The van der Waals surface area contributed by atoms with Gasteiger partial charge in [0, 0.05) is 18.5 Å². The zero-order valence-electron chi connectivity index (χ0n) is 11.5. The van der Waals surface area contributed by atoms with Crippen LogP contribution in [0, 0.1) is 0 Å². The third kappa shape index (κ3) is 5.89. The maximum atomic E-state index is 5.78. The van der Waals surface area contributed by atoms with Gasteiger partial charge in [-0.2, -0.15) is 0 Å². The van der Waals surface area contributed by atoms with E-state index in [4.69, 9.17) is 16.3 Å². The fourth-order valence-electron chi connectivity index (χ4n) is 1.31. The molecule has 0 aliphatic heterocycles. The standard InChI is InChI=1S/C12H22ClN3OS/c1-5-16(10-17-8-9-18(2,3)4)11-6-7-14-12(13)15-11/h6-7H,5,8-10H2,1-4H3. The van der Waals surface area contributed by atoms with E-state index in [9.17, 15) is 0 Å². The van der Waals surface area contributed by atoms with Crippen LogP contribution in [0.5, 0.6) is 0 Å². The molecule has 1 aromatic heterocycles. The number of rotatable bonds is 7. The average Bonchev–Trinajstić information content (AvgIpc) is 2.27. The van der Waals surface area contributed by atoms with Gasteiger partial charge in [-0.1, -0.05) is 0 Å². The molecule has 0 saturated heterocycles. The van der Waals surface area contributed by atoms with Gasteiger partial charge in [0.15, 0.2) is 0 Å². The number of hydrogen-bond donors (Lipinski definition) is 0. The first-order valence-electron chi connectivity index (χ1n) is 5.89. The van der Waals surface area contributed by atoms with E-state index in [2.05, 4.69) is 35.7 Å². The molecule has 0 aliphatic rings. The van der Waals surface area contributed by atoms with Crippen LogP contribution in [0.25, 0.3) is 0 Å². The van der Waals surface area contributed by atoms with Crippen LogP contribution in [0.2, 0.25) is 5.28 Å². The summed E-state index contributed by atoms with van der Waals surface area (Å²) in [6.45, 7) is 4.22. The van der Waals surface area contributed by atoms with Crippen LogP contribution in [0.15, 0.2) is 12.3 Å². The Morgan fingerprint density at radius 1 is 1.39 bits per heavy atom. The zero-order chi connectivity index (χ0) is 13.6. The van der Waals surface area contributed by atoms with Crippen LogP contribution in [0.1, 0.15) is 6.92 Å². The van der Waals surface area contributed by atoms with Crippen LogP contribution in [0.4, 0.5) is 5.82 Å². The first kappa shape index (κ1) is 15.5. The first-order chi connectivity index (χ1) is 8.42. The van der Waals surface area contributed by atoms with Gasteiger partial charge in [0.25, 0.3) is 0 Å². The molecular formula is C12H22ClN3OS. The predicted molar refractivity (Wildman–Crippen MR) is 81.1 cm³/mol. The van der Waals surface area contributed by atoms with Crippen molar-refractivity contribution in [2.24, 2.45) is 0 Å². The molecule has 104 valence electrons. The van der Waals surface area contributed by atoms with E-state index in [-0.39, 0.29) is 5.28 Å². The third-order valence-electron chi connectivity index (χ3n) is 2.40. The largest absolute Gasteiger partial charge is 0.360 e. The summed E-state index contributed by atoms with van der Waals surface area (Å²) in [5.41, 5.74) is 0. The number of aromatic nitrogens is 2. The monoisotopic (exact) mass is 291 g/mol. The van der Waals surface area contributed by atoms with E-state index < -0.39 is 10.0 Å². The molecule has 0 bridgehead atoms. The van der Waals surface area contributed by atoms with Crippen LogP contribution in [-0.2, 0) is 4.74 Å². The fraction of sp³-hybridized carbons (Fsp3) is 0.667. The van der Waals surface area contributed by atoms with Crippen molar-refractivity contribution >= 4 is 27.4 Å². The minimum atomic E-state index is -0.490. The van der Waals surface area contributed by atoms with Crippen molar-refractivity contribution in [3.8, 4) is 0 Å². The predicted octanol–water partition coefficient (Wildman–Crippen LogP) is 2.62. The van der Waals surface area contributed by atoms with Gasteiger partial charge in [-0.15, -0.1) is 0 Å². The van der Waals surface area contributed by atoms with Crippen molar-refractivity contribution in [1.82, 2.24) is 9.97 Å². The Kier molecular flexibility index (Phi) is 6.18. The molecule has 6 heteroatoms. The zero-order valence-corrected chi connectivity index (χ0v) is 13.1. The van der Waals surface area contributed by atoms with E-state index in [1.807, 2.05) is 11.0 Å². The molecule has 0 aromatic carbocycles. The molecule has 1 aromatic rings. The summed E-state index contributed by atoms with van der Waals surface area (Å²) in [5.74, 6) is 1.93. The van der Waals surface area contributed by atoms with Crippen molar-refractivity contribution in [3.63, 3.8) is 0 Å². The van der Waals surface area contributed by atoms with E-state index in [1.165, 1.54) is 0 Å². The van der Waals surface area contributed by atoms with E-state index in [1.54, 1.807) is 6.20 Å². The molecule has 1 heterocycles. The minimum Gasteiger partial charge on any atom is -0.360 e. The van der Waals surface area contributed by atoms with Crippen molar-refractivity contribution < 1.29 is 4.74 Å². The lowest BCUT2D eigenvalue weighted by Crippen LogP contribution is -2.27. The molecule has 0 aliphatic carbocycles. The smallest absolute Gasteiger partial charge is 0.224 e. The molecular weight excluding hydrogens is 270 g/mol. The van der Waals surface area contributed by atoms with Gasteiger partial charge in [-0.05, 0) is 43.4 Å².